The molecule has 0 bridgehead atoms. The topological polar surface area (TPSA) is 50.3 Å². The predicted molar refractivity (Wildman–Crippen MR) is 94.9 cm³/mol. The third-order valence-electron chi connectivity index (χ3n) is 4.48. The summed E-state index contributed by atoms with van der Waals surface area (Å²) in [6, 6.07) is 8.87. The van der Waals surface area contributed by atoms with Crippen molar-refractivity contribution in [3.05, 3.63) is 53.6 Å². The number of nitrogens with one attached hydrogen (secondary N) is 1. The highest BCUT2D eigenvalue weighted by Gasteiger charge is 2.19. The highest BCUT2D eigenvalue weighted by atomic mass is 16.5. The minimum atomic E-state index is 0.519. The second kappa shape index (κ2) is 8.22. The van der Waals surface area contributed by atoms with Crippen LogP contribution in [0.4, 0.5) is 0 Å². The summed E-state index contributed by atoms with van der Waals surface area (Å²) in [5, 5.41) is 3.65. The Morgan fingerprint density at radius 2 is 2.08 bits per heavy atom. The first-order chi connectivity index (χ1) is 11.7. The van der Waals surface area contributed by atoms with Gasteiger partial charge in [-0.15, -0.1) is 0 Å². The van der Waals surface area contributed by atoms with Crippen molar-refractivity contribution < 1.29 is 4.74 Å². The number of hydrogen-bond acceptors (Lipinski definition) is 5. The molecule has 5 nitrogen and oxygen atoms in total. The molecule has 0 radical (unpaired) electrons. The minimum Gasteiger partial charge on any atom is -0.497 e. The zero-order valence-electron chi connectivity index (χ0n) is 14.5. The predicted octanol–water partition coefficient (Wildman–Crippen LogP) is 2.55. The number of rotatable bonds is 6. The van der Waals surface area contributed by atoms with Gasteiger partial charge < -0.3 is 10.1 Å². The van der Waals surface area contributed by atoms with Crippen LogP contribution >= 0.6 is 0 Å². The van der Waals surface area contributed by atoms with Crippen molar-refractivity contribution in [1.82, 2.24) is 20.2 Å². The second-order valence-corrected chi connectivity index (χ2v) is 6.45. The fraction of sp³-hybridized carbons (Fsp3) is 0.474. The van der Waals surface area contributed by atoms with Gasteiger partial charge in [0.15, 0.2) is 0 Å². The molecule has 0 spiro atoms. The highest BCUT2D eigenvalue weighted by Crippen LogP contribution is 2.17. The molecule has 1 saturated heterocycles. The summed E-state index contributed by atoms with van der Waals surface area (Å²) >= 11 is 0. The van der Waals surface area contributed by atoms with Gasteiger partial charge in [0, 0.05) is 43.6 Å². The molecule has 1 aliphatic heterocycles. The lowest BCUT2D eigenvalue weighted by Crippen LogP contribution is -2.45. The Morgan fingerprint density at radius 1 is 1.25 bits per heavy atom. The number of piperidine rings is 1. The van der Waals surface area contributed by atoms with Crippen molar-refractivity contribution in [2.24, 2.45) is 0 Å². The molecule has 1 atom stereocenters. The number of aryl methyl sites for hydroxylation is 1. The van der Waals surface area contributed by atoms with Crippen LogP contribution in [0.25, 0.3) is 0 Å². The number of aromatic nitrogens is 2. The quantitative estimate of drug-likeness (QED) is 0.884. The molecule has 0 amide bonds. The van der Waals surface area contributed by atoms with E-state index >= 15 is 0 Å². The molecule has 3 rings (SSSR count). The van der Waals surface area contributed by atoms with Crippen LogP contribution in [-0.2, 0) is 13.1 Å². The van der Waals surface area contributed by atoms with E-state index in [0.717, 1.165) is 43.3 Å². The summed E-state index contributed by atoms with van der Waals surface area (Å²) < 4.78 is 5.32. The third-order valence-corrected chi connectivity index (χ3v) is 4.48. The molecule has 5 heteroatoms. The molecule has 1 aliphatic rings. The third kappa shape index (κ3) is 4.76. The normalized spacial score (nSPS) is 18.5. The summed E-state index contributed by atoms with van der Waals surface area (Å²) in [7, 11) is 1.72. The van der Waals surface area contributed by atoms with Gasteiger partial charge in [0.1, 0.15) is 11.6 Å². The molecule has 0 aliphatic carbocycles. The van der Waals surface area contributed by atoms with Crippen LogP contribution in [0.2, 0.25) is 0 Å². The van der Waals surface area contributed by atoms with E-state index < -0.39 is 0 Å². The van der Waals surface area contributed by atoms with Gasteiger partial charge in [0.05, 0.1) is 7.11 Å². The van der Waals surface area contributed by atoms with Gasteiger partial charge in [0.2, 0.25) is 0 Å². The average Bonchev–Trinajstić information content (AvgIpc) is 2.62. The molecule has 1 unspecified atom stereocenters. The van der Waals surface area contributed by atoms with E-state index in [1.807, 2.05) is 25.4 Å². The van der Waals surface area contributed by atoms with Gasteiger partial charge in [-0.2, -0.15) is 0 Å². The number of ether oxygens (including phenoxy) is 1. The first-order valence-corrected chi connectivity index (χ1v) is 8.59. The van der Waals surface area contributed by atoms with Crippen molar-refractivity contribution in [2.75, 3.05) is 20.2 Å². The first kappa shape index (κ1) is 16.9. The molecule has 2 heterocycles. The molecule has 1 N–H and O–H groups in total. The molecule has 1 aromatic heterocycles. The van der Waals surface area contributed by atoms with Crippen molar-refractivity contribution in [1.29, 1.82) is 0 Å². The van der Waals surface area contributed by atoms with Gasteiger partial charge >= 0.3 is 0 Å². The van der Waals surface area contributed by atoms with Crippen LogP contribution in [0.3, 0.4) is 0 Å². The largest absolute Gasteiger partial charge is 0.497 e. The lowest BCUT2D eigenvalue weighted by Gasteiger charge is -2.33. The van der Waals surface area contributed by atoms with Gasteiger partial charge in [-0.05, 0) is 44.0 Å². The fourth-order valence-electron chi connectivity index (χ4n) is 3.17. The molecule has 2 aromatic rings. The van der Waals surface area contributed by atoms with Crippen molar-refractivity contribution in [3.63, 3.8) is 0 Å². The van der Waals surface area contributed by atoms with Crippen LogP contribution in [0.15, 0.2) is 36.7 Å². The number of methoxy groups -OCH3 is 1. The van der Waals surface area contributed by atoms with E-state index in [4.69, 9.17) is 4.74 Å². The smallest absolute Gasteiger partial charge is 0.125 e. The molecule has 1 aromatic carbocycles. The molecular formula is C19H26N4O. The summed E-state index contributed by atoms with van der Waals surface area (Å²) in [5.74, 6) is 1.75. The van der Waals surface area contributed by atoms with Crippen LogP contribution in [0.5, 0.6) is 5.75 Å². The number of benzene rings is 1. The zero-order valence-corrected chi connectivity index (χ0v) is 14.5. The Morgan fingerprint density at radius 3 is 2.88 bits per heavy atom. The summed E-state index contributed by atoms with van der Waals surface area (Å²) in [4.78, 5) is 11.0. The van der Waals surface area contributed by atoms with Gasteiger partial charge in [0.25, 0.3) is 0 Å². The van der Waals surface area contributed by atoms with Crippen molar-refractivity contribution >= 4 is 0 Å². The molecular weight excluding hydrogens is 300 g/mol. The Balaban J connectivity index is 1.51. The average molecular weight is 326 g/mol. The monoisotopic (exact) mass is 326 g/mol. The van der Waals surface area contributed by atoms with E-state index in [0.29, 0.717) is 6.04 Å². The molecule has 1 fully saturated rings. The maximum atomic E-state index is 5.32. The Bertz CT molecular complexity index is 644. The second-order valence-electron chi connectivity index (χ2n) is 6.45. The first-order valence-electron chi connectivity index (χ1n) is 8.59. The van der Waals surface area contributed by atoms with Crippen molar-refractivity contribution in [3.8, 4) is 5.75 Å². The summed E-state index contributed by atoms with van der Waals surface area (Å²) in [5.41, 5.74) is 2.45. The van der Waals surface area contributed by atoms with E-state index in [9.17, 15) is 0 Å². The van der Waals surface area contributed by atoms with Crippen LogP contribution in [0, 0.1) is 6.92 Å². The number of nitrogens with zero attached hydrogens (tertiary/aromatic N) is 3. The van der Waals surface area contributed by atoms with E-state index in [1.54, 1.807) is 7.11 Å². The van der Waals surface area contributed by atoms with Crippen LogP contribution in [-0.4, -0.2) is 41.1 Å². The molecule has 0 saturated carbocycles. The maximum absolute atomic E-state index is 5.32. The van der Waals surface area contributed by atoms with E-state index in [1.165, 1.54) is 18.4 Å². The van der Waals surface area contributed by atoms with E-state index in [2.05, 4.69) is 38.4 Å². The fourth-order valence-corrected chi connectivity index (χ4v) is 3.17. The Kier molecular flexibility index (Phi) is 5.77. The van der Waals surface area contributed by atoms with Crippen molar-refractivity contribution in [2.45, 2.75) is 38.9 Å². The van der Waals surface area contributed by atoms with Gasteiger partial charge in [-0.1, -0.05) is 12.1 Å². The Hall–Kier alpha value is -1.98. The van der Waals surface area contributed by atoms with Crippen LogP contribution < -0.4 is 10.1 Å². The van der Waals surface area contributed by atoms with Gasteiger partial charge in [-0.25, -0.2) is 9.97 Å². The number of hydrogen-bond donors (Lipinski definition) is 1. The van der Waals surface area contributed by atoms with Gasteiger partial charge in [-0.3, -0.25) is 4.90 Å². The van der Waals surface area contributed by atoms with E-state index in [-0.39, 0.29) is 0 Å². The number of likely N-dealkylation sites (tertiary alicyclic amines) is 1. The highest BCUT2D eigenvalue weighted by molar-refractivity contribution is 5.28. The Labute approximate surface area is 144 Å². The van der Waals surface area contributed by atoms with Crippen LogP contribution in [0.1, 0.15) is 29.8 Å². The standard InChI is InChI=1S/C19H26N4O/c1-15-20-10-17(11-21-15)12-22-18-6-4-8-23(14-18)13-16-5-3-7-19(9-16)24-2/h3,5,7,9-11,18,22H,4,6,8,12-14H2,1-2H3. The lowest BCUT2D eigenvalue weighted by atomic mass is 10.0. The molecule has 128 valence electrons. The maximum Gasteiger partial charge on any atom is 0.125 e. The SMILES string of the molecule is COc1cccc(CN2CCCC(NCc3cnc(C)nc3)C2)c1. The summed E-state index contributed by atoms with van der Waals surface area (Å²) in [6.07, 6.45) is 6.27. The zero-order chi connectivity index (χ0) is 16.8. The lowest BCUT2D eigenvalue weighted by molar-refractivity contribution is 0.182. The molecule has 24 heavy (non-hydrogen) atoms. The summed E-state index contributed by atoms with van der Waals surface area (Å²) in [6.45, 7) is 5.95. The minimum absolute atomic E-state index is 0.519.